The van der Waals surface area contributed by atoms with Crippen molar-refractivity contribution in [1.82, 2.24) is 15.1 Å². The molecule has 1 spiro atoms. The Labute approximate surface area is 149 Å². The maximum Gasteiger partial charge on any atom is 0.422 e. The summed E-state index contributed by atoms with van der Waals surface area (Å²) in [5, 5.41) is 7.68. The zero-order valence-electron chi connectivity index (χ0n) is 14.5. The van der Waals surface area contributed by atoms with E-state index in [2.05, 4.69) is 10.4 Å². The summed E-state index contributed by atoms with van der Waals surface area (Å²) >= 11 is 1.92. The van der Waals surface area contributed by atoms with E-state index in [9.17, 15) is 13.2 Å². The highest BCUT2D eigenvalue weighted by Gasteiger charge is 2.40. The SMILES string of the molecule is Cc1nn(C)c(OCC(F)(F)F)c1CN[C@H]1CCO[C@]2(CCSC2)C1. The third-order valence-electron chi connectivity index (χ3n) is 4.79. The Bertz CT molecular complexity index is 600. The first kappa shape index (κ1) is 18.8. The topological polar surface area (TPSA) is 48.3 Å². The van der Waals surface area contributed by atoms with Gasteiger partial charge in [0.25, 0.3) is 0 Å². The number of aromatic nitrogens is 2. The minimum atomic E-state index is -4.36. The van der Waals surface area contributed by atoms with E-state index in [1.165, 1.54) is 4.68 Å². The van der Waals surface area contributed by atoms with E-state index < -0.39 is 12.8 Å². The summed E-state index contributed by atoms with van der Waals surface area (Å²) in [6, 6.07) is 0.294. The van der Waals surface area contributed by atoms with Gasteiger partial charge in [-0.05, 0) is 31.9 Å². The largest absolute Gasteiger partial charge is 0.468 e. The van der Waals surface area contributed by atoms with Crippen molar-refractivity contribution < 1.29 is 22.6 Å². The van der Waals surface area contributed by atoms with Gasteiger partial charge < -0.3 is 14.8 Å². The second-order valence-corrected chi connectivity index (χ2v) is 7.91. The smallest absolute Gasteiger partial charge is 0.422 e. The second kappa shape index (κ2) is 7.36. The molecular formula is C16H24F3N3O2S. The molecule has 0 unspecified atom stereocenters. The molecule has 3 rings (SSSR count). The number of halogens is 3. The normalized spacial score (nSPS) is 27.2. The second-order valence-electron chi connectivity index (χ2n) is 6.80. The van der Waals surface area contributed by atoms with E-state index >= 15 is 0 Å². The van der Waals surface area contributed by atoms with E-state index in [-0.39, 0.29) is 11.5 Å². The number of nitrogens with one attached hydrogen (secondary N) is 1. The number of nitrogens with zero attached hydrogens (tertiary/aromatic N) is 2. The van der Waals surface area contributed by atoms with Gasteiger partial charge in [-0.15, -0.1) is 0 Å². The minimum absolute atomic E-state index is 0.0276. The number of hydrogen-bond acceptors (Lipinski definition) is 5. The van der Waals surface area contributed by atoms with Crippen LogP contribution in [0.1, 0.15) is 30.5 Å². The lowest BCUT2D eigenvalue weighted by molar-refractivity contribution is -0.154. The van der Waals surface area contributed by atoms with Crippen molar-refractivity contribution in [3.05, 3.63) is 11.3 Å². The molecule has 1 aromatic rings. The summed E-state index contributed by atoms with van der Waals surface area (Å²) in [6.45, 7) is 1.65. The summed E-state index contributed by atoms with van der Waals surface area (Å²) < 4.78 is 49.8. The molecule has 0 amide bonds. The molecule has 1 aromatic heterocycles. The number of aryl methyl sites for hydroxylation is 2. The molecule has 0 saturated carbocycles. The van der Waals surface area contributed by atoms with Crippen LogP contribution >= 0.6 is 11.8 Å². The van der Waals surface area contributed by atoms with Gasteiger partial charge in [0.1, 0.15) is 0 Å². The first-order valence-corrected chi connectivity index (χ1v) is 9.61. The van der Waals surface area contributed by atoms with E-state index in [1.807, 2.05) is 11.8 Å². The molecule has 142 valence electrons. The number of ether oxygens (including phenoxy) is 2. The predicted octanol–water partition coefficient (Wildman–Crippen LogP) is 2.81. The van der Waals surface area contributed by atoms with Gasteiger partial charge in [-0.25, -0.2) is 4.68 Å². The fraction of sp³-hybridized carbons (Fsp3) is 0.812. The van der Waals surface area contributed by atoms with Gasteiger partial charge in [0.05, 0.1) is 16.9 Å². The third kappa shape index (κ3) is 4.62. The molecule has 2 aliphatic rings. The molecule has 0 bridgehead atoms. The molecule has 0 aliphatic carbocycles. The maximum atomic E-state index is 12.5. The van der Waals surface area contributed by atoms with Crippen LogP contribution in [0.25, 0.3) is 0 Å². The Balaban J connectivity index is 1.62. The van der Waals surface area contributed by atoms with Gasteiger partial charge in [-0.2, -0.15) is 30.0 Å². The van der Waals surface area contributed by atoms with Crippen LogP contribution in [0.5, 0.6) is 5.88 Å². The fourth-order valence-corrected chi connectivity index (χ4v) is 4.91. The average molecular weight is 379 g/mol. The van der Waals surface area contributed by atoms with Crippen LogP contribution in [0.15, 0.2) is 0 Å². The molecule has 3 heterocycles. The van der Waals surface area contributed by atoms with Gasteiger partial charge in [-0.1, -0.05) is 0 Å². The highest BCUT2D eigenvalue weighted by Crippen LogP contribution is 2.38. The first-order valence-electron chi connectivity index (χ1n) is 8.45. The molecular weight excluding hydrogens is 355 g/mol. The molecule has 2 saturated heterocycles. The Kier molecular flexibility index (Phi) is 5.55. The van der Waals surface area contributed by atoms with Crippen molar-refractivity contribution in [2.75, 3.05) is 24.7 Å². The molecule has 2 fully saturated rings. The van der Waals surface area contributed by atoms with Gasteiger partial charge in [0.2, 0.25) is 5.88 Å². The molecule has 1 N–H and O–H groups in total. The van der Waals surface area contributed by atoms with Crippen molar-refractivity contribution in [3.63, 3.8) is 0 Å². The van der Waals surface area contributed by atoms with Gasteiger partial charge in [0.15, 0.2) is 6.61 Å². The van der Waals surface area contributed by atoms with Crippen molar-refractivity contribution in [3.8, 4) is 5.88 Å². The van der Waals surface area contributed by atoms with Crippen molar-refractivity contribution >= 4 is 11.8 Å². The lowest BCUT2D eigenvalue weighted by Crippen LogP contribution is -2.47. The third-order valence-corrected chi connectivity index (χ3v) is 6.01. The van der Waals surface area contributed by atoms with E-state index in [1.54, 1.807) is 14.0 Å². The van der Waals surface area contributed by atoms with E-state index in [0.717, 1.165) is 37.4 Å². The van der Waals surface area contributed by atoms with Gasteiger partial charge in [0, 0.05) is 32.0 Å². The summed E-state index contributed by atoms with van der Waals surface area (Å²) in [5.74, 6) is 2.33. The fourth-order valence-electron chi connectivity index (χ4n) is 3.53. The predicted molar refractivity (Wildman–Crippen MR) is 90.0 cm³/mol. The zero-order chi connectivity index (χ0) is 18.1. The lowest BCUT2D eigenvalue weighted by Gasteiger charge is -2.38. The minimum Gasteiger partial charge on any atom is -0.468 e. The number of hydrogen-bond donors (Lipinski definition) is 1. The Morgan fingerprint density at radius 2 is 2.28 bits per heavy atom. The summed E-state index contributed by atoms with van der Waals surface area (Å²) in [4.78, 5) is 0. The number of thioether (sulfide) groups is 1. The van der Waals surface area contributed by atoms with Gasteiger partial charge >= 0.3 is 6.18 Å². The monoisotopic (exact) mass is 379 g/mol. The van der Waals surface area contributed by atoms with Crippen molar-refractivity contribution in [2.24, 2.45) is 7.05 Å². The van der Waals surface area contributed by atoms with Crippen LogP contribution in [0.3, 0.4) is 0 Å². The van der Waals surface area contributed by atoms with Crippen LogP contribution in [0, 0.1) is 6.92 Å². The zero-order valence-corrected chi connectivity index (χ0v) is 15.3. The van der Waals surface area contributed by atoms with Gasteiger partial charge in [-0.3, -0.25) is 0 Å². The molecule has 9 heteroatoms. The van der Waals surface area contributed by atoms with Crippen molar-refractivity contribution in [2.45, 2.75) is 50.6 Å². The standard InChI is InChI=1S/C16H24F3N3O2S/c1-11-13(14(22(2)21-11)23-9-16(17,18)19)8-20-12-3-5-24-15(7-12)4-6-25-10-15/h12,20H,3-10H2,1-2H3/t12-,15+/m0/s1. The Hall–Kier alpha value is -0.930. The van der Waals surface area contributed by atoms with Crippen LogP contribution < -0.4 is 10.1 Å². The van der Waals surface area contributed by atoms with Crippen LogP contribution in [-0.4, -0.2) is 52.3 Å². The molecule has 2 atom stereocenters. The maximum absolute atomic E-state index is 12.5. The summed E-state index contributed by atoms with van der Waals surface area (Å²) in [5.41, 5.74) is 1.35. The average Bonchev–Trinajstić information content (AvgIpc) is 3.07. The number of alkyl halides is 3. The van der Waals surface area contributed by atoms with Crippen LogP contribution in [0.2, 0.25) is 0 Å². The van der Waals surface area contributed by atoms with E-state index in [0.29, 0.717) is 23.8 Å². The van der Waals surface area contributed by atoms with Crippen LogP contribution in [0.4, 0.5) is 13.2 Å². The van der Waals surface area contributed by atoms with Crippen LogP contribution in [-0.2, 0) is 18.3 Å². The molecule has 25 heavy (non-hydrogen) atoms. The highest BCUT2D eigenvalue weighted by atomic mass is 32.2. The van der Waals surface area contributed by atoms with Crippen molar-refractivity contribution in [1.29, 1.82) is 0 Å². The summed E-state index contributed by atoms with van der Waals surface area (Å²) in [7, 11) is 1.60. The summed E-state index contributed by atoms with van der Waals surface area (Å²) in [6.07, 6.45) is -1.44. The number of rotatable bonds is 5. The molecule has 0 radical (unpaired) electrons. The molecule has 5 nitrogen and oxygen atoms in total. The van der Waals surface area contributed by atoms with E-state index in [4.69, 9.17) is 9.47 Å². The first-order chi connectivity index (χ1) is 11.8. The molecule has 0 aromatic carbocycles. The Morgan fingerprint density at radius 1 is 1.48 bits per heavy atom. The quantitative estimate of drug-likeness (QED) is 0.853. The molecule has 2 aliphatic heterocycles. The highest BCUT2D eigenvalue weighted by molar-refractivity contribution is 7.99. The lowest BCUT2D eigenvalue weighted by atomic mass is 9.90. The Morgan fingerprint density at radius 3 is 2.96 bits per heavy atom.